The van der Waals surface area contributed by atoms with E-state index in [4.69, 9.17) is 8.94 Å². The zero-order valence-corrected chi connectivity index (χ0v) is 15.6. The molecular weight excluding hydrogens is 364 g/mol. The average molecular weight is 384 g/mol. The highest BCUT2D eigenvalue weighted by Gasteiger charge is 2.20. The molecular formula is C19H20N4O5. The van der Waals surface area contributed by atoms with Crippen molar-refractivity contribution in [2.75, 3.05) is 13.1 Å². The summed E-state index contributed by atoms with van der Waals surface area (Å²) in [5, 5.41) is 14.7. The third-order valence-corrected chi connectivity index (χ3v) is 4.00. The number of benzene rings is 1. The van der Waals surface area contributed by atoms with Crippen molar-refractivity contribution in [1.82, 2.24) is 15.0 Å². The molecule has 3 aromatic rings. The predicted molar refractivity (Wildman–Crippen MR) is 99.5 cm³/mol. The van der Waals surface area contributed by atoms with E-state index in [0.717, 1.165) is 0 Å². The smallest absolute Gasteiger partial charge is 0.289 e. The minimum Gasteiger partial charge on any atom is -0.459 e. The number of nitro benzene ring substituents is 1. The fourth-order valence-electron chi connectivity index (χ4n) is 2.71. The van der Waals surface area contributed by atoms with Gasteiger partial charge in [-0.05, 0) is 30.2 Å². The lowest BCUT2D eigenvalue weighted by Gasteiger charge is -2.22. The standard InChI is InChI=1S/C19H20N4O5/c1-13(2)12-22(19(24)16-4-3-11-27-16)10-9-17-20-18(21-28-17)14-5-7-15(8-6-14)23(25)26/h3-8,11,13H,9-10,12H2,1-2H3. The van der Waals surface area contributed by atoms with Crippen LogP contribution in [0.3, 0.4) is 0 Å². The van der Waals surface area contributed by atoms with Crippen molar-refractivity contribution in [2.45, 2.75) is 20.3 Å². The van der Waals surface area contributed by atoms with Gasteiger partial charge < -0.3 is 13.8 Å². The number of nitrogens with zero attached hydrogens (tertiary/aromatic N) is 4. The van der Waals surface area contributed by atoms with Gasteiger partial charge >= 0.3 is 0 Å². The highest BCUT2D eigenvalue weighted by molar-refractivity contribution is 5.91. The van der Waals surface area contributed by atoms with Crippen LogP contribution in [0.5, 0.6) is 0 Å². The molecule has 2 heterocycles. The van der Waals surface area contributed by atoms with Gasteiger partial charge in [-0.1, -0.05) is 19.0 Å². The molecule has 1 amide bonds. The van der Waals surface area contributed by atoms with E-state index in [9.17, 15) is 14.9 Å². The molecule has 2 aromatic heterocycles. The van der Waals surface area contributed by atoms with Gasteiger partial charge in [-0.25, -0.2) is 0 Å². The third kappa shape index (κ3) is 4.61. The van der Waals surface area contributed by atoms with Crippen LogP contribution in [0.1, 0.15) is 30.3 Å². The van der Waals surface area contributed by atoms with Crippen molar-refractivity contribution in [3.05, 3.63) is 64.4 Å². The fourth-order valence-corrected chi connectivity index (χ4v) is 2.71. The lowest BCUT2D eigenvalue weighted by Crippen LogP contribution is -2.35. The molecule has 0 bridgehead atoms. The number of carbonyl (C=O) groups is 1. The topological polar surface area (TPSA) is 116 Å². The molecule has 1 aromatic carbocycles. The molecule has 28 heavy (non-hydrogen) atoms. The molecule has 0 radical (unpaired) electrons. The van der Waals surface area contributed by atoms with E-state index in [1.165, 1.54) is 18.4 Å². The van der Waals surface area contributed by atoms with Gasteiger partial charge in [0.1, 0.15) is 0 Å². The Morgan fingerprint density at radius 2 is 2.00 bits per heavy atom. The van der Waals surface area contributed by atoms with Crippen molar-refractivity contribution in [3.63, 3.8) is 0 Å². The first-order valence-electron chi connectivity index (χ1n) is 8.84. The van der Waals surface area contributed by atoms with Crippen molar-refractivity contribution < 1.29 is 18.7 Å². The molecule has 0 N–H and O–H groups in total. The summed E-state index contributed by atoms with van der Waals surface area (Å²) in [6.07, 6.45) is 1.86. The second-order valence-corrected chi connectivity index (χ2v) is 6.69. The van der Waals surface area contributed by atoms with E-state index in [1.54, 1.807) is 29.2 Å². The van der Waals surface area contributed by atoms with E-state index in [-0.39, 0.29) is 23.3 Å². The largest absolute Gasteiger partial charge is 0.459 e. The first-order valence-corrected chi connectivity index (χ1v) is 8.84. The molecule has 146 valence electrons. The van der Waals surface area contributed by atoms with Crippen LogP contribution in [0.4, 0.5) is 5.69 Å². The molecule has 0 aliphatic heterocycles. The molecule has 0 aliphatic rings. The Morgan fingerprint density at radius 3 is 2.61 bits per heavy atom. The second kappa shape index (κ2) is 8.47. The van der Waals surface area contributed by atoms with Crippen molar-refractivity contribution in [1.29, 1.82) is 0 Å². The van der Waals surface area contributed by atoms with E-state index in [1.807, 2.05) is 13.8 Å². The maximum atomic E-state index is 12.6. The molecule has 0 fully saturated rings. The molecule has 9 nitrogen and oxygen atoms in total. The van der Waals surface area contributed by atoms with Crippen LogP contribution in [-0.2, 0) is 6.42 Å². The number of hydrogen-bond donors (Lipinski definition) is 0. The Hall–Kier alpha value is -3.49. The highest BCUT2D eigenvalue weighted by Crippen LogP contribution is 2.20. The number of furan rings is 1. The van der Waals surface area contributed by atoms with Crippen LogP contribution >= 0.6 is 0 Å². The molecule has 0 saturated carbocycles. The number of carbonyl (C=O) groups excluding carboxylic acids is 1. The molecule has 0 unspecified atom stereocenters. The lowest BCUT2D eigenvalue weighted by atomic mass is 10.2. The van der Waals surface area contributed by atoms with Gasteiger partial charge in [0.15, 0.2) is 5.76 Å². The summed E-state index contributed by atoms with van der Waals surface area (Å²) in [6.45, 7) is 5.03. The average Bonchev–Trinajstić information content (AvgIpc) is 3.36. The number of amides is 1. The van der Waals surface area contributed by atoms with Gasteiger partial charge in [-0.2, -0.15) is 4.98 Å². The normalized spacial score (nSPS) is 11.0. The number of rotatable bonds is 8. The van der Waals surface area contributed by atoms with E-state index >= 15 is 0 Å². The van der Waals surface area contributed by atoms with Crippen LogP contribution in [-0.4, -0.2) is 39.0 Å². The lowest BCUT2D eigenvalue weighted by molar-refractivity contribution is -0.384. The Labute approximate surface area is 161 Å². The van der Waals surface area contributed by atoms with Crippen molar-refractivity contribution in [2.24, 2.45) is 5.92 Å². The van der Waals surface area contributed by atoms with Crippen LogP contribution in [0, 0.1) is 16.0 Å². The van der Waals surface area contributed by atoms with Crippen molar-refractivity contribution >= 4 is 11.6 Å². The summed E-state index contributed by atoms with van der Waals surface area (Å²) in [7, 11) is 0. The Bertz CT molecular complexity index is 932. The second-order valence-electron chi connectivity index (χ2n) is 6.69. The number of nitro groups is 1. The maximum absolute atomic E-state index is 12.6. The number of aromatic nitrogens is 2. The summed E-state index contributed by atoms with van der Waals surface area (Å²) in [5.74, 6) is 1.12. The number of hydrogen-bond acceptors (Lipinski definition) is 7. The Balaban J connectivity index is 1.67. The highest BCUT2D eigenvalue weighted by atomic mass is 16.6. The van der Waals surface area contributed by atoms with Crippen molar-refractivity contribution in [3.8, 4) is 11.4 Å². The zero-order valence-electron chi connectivity index (χ0n) is 15.6. The first-order chi connectivity index (χ1) is 13.4. The minimum atomic E-state index is -0.467. The summed E-state index contributed by atoms with van der Waals surface area (Å²) in [6, 6.07) is 9.22. The fraction of sp³-hybridized carbons (Fsp3) is 0.316. The molecule has 3 rings (SSSR count). The Morgan fingerprint density at radius 1 is 1.25 bits per heavy atom. The molecule has 0 spiro atoms. The SMILES string of the molecule is CC(C)CN(CCc1nc(-c2ccc([N+](=O)[O-])cc2)no1)C(=O)c1ccco1. The van der Waals surface area contributed by atoms with Gasteiger partial charge in [-0.15, -0.1) is 0 Å². The zero-order chi connectivity index (χ0) is 20.1. The minimum absolute atomic E-state index is 0.00626. The molecule has 0 saturated heterocycles. The molecule has 0 atom stereocenters. The van der Waals surface area contributed by atoms with Crippen LogP contribution in [0.25, 0.3) is 11.4 Å². The van der Waals surface area contributed by atoms with E-state index < -0.39 is 4.92 Å². The van der Waals surface area contributed by atoms with E-state index in [0.29, 0.717) is 36.8 Å². The van der Waals surface area contributed by atoms with Crippen LogP contribution in [0.15, 0.2) is 51.6 Å². The van der Waals surface area contributed by atoms with Crippen LogP contribution < -0.4 is 0 Å². The summed E-state index contributed by atoms with van der Waals surface area (Å²) < 4.78 is 10.5. The van der Waals surface area contributed by atoms with Gasteiger partial charge in [0, 0.05) is 37.2 Å². The van der Waals surface area contributed by atoms with Crippen LogP contribution in [0.2, 0.25) is 0 Å². The van der Waals surface area contributed by atoms with E-state index in [2.05, 4.69) is 10.1 Å². The Kier molecular flexibility index (Phi) is 5.83. The van der Waals surface area contributed by atoms with Gasteiger partial charge in [0.05, 0.1) is 11.2 Å². The maximum Gasteiger partial charge on any atom is 0.289 e. The summed E-state index contributed by atoms with van der Waals surface area (Å²) in [4.78, 5) is 28.9. The monoisotopic (exact) mass is 384 g/mol. The van der Waals surface area contributed by atoms with Gasteiger partial charge in [0.25, 0.3) is 11.6 Å². The third-order valence-electron chi connectivity index (χ3n) is 4.00. The summed E-state index contributed by atoms with van der Waals surface area (Å²) in [5.41, 5.74) is 0.611. The van der Waals surface area contributed by atoms with Gasteiger partial charge in [0.2, 0.25) is 11.7 Å². The van der Waals surface area contributed by atoms with Gasteiger partial charge in [-0.3, -0.25) is 14.9 Å². The quantitative estimate of drug-likeness (QED) is 0.430. The first kappa shape index (κ1) is 19.3. The number of non-ortho nitro benzene ring substituents is 1. The molecule has 0 aliphatic carbocycles. The molecule has 9 heteroatoms. The predicted octanol–water partition coefficient (Wildman–Crippen LogP) is 3.58. The summed E-state index contributed by atoms with van der Waals surface area (Å²) >= 11 is 0.